The van der Waals surface area contributed by atoms with Crippen molar-refractivity contribution < 1.29 is 23.9 Å². The van der Waals surface area contributed by atoms with E-state index in [0.717, 1.165) is 38.7 Å². The molecule has 1 aromatic carbocycles. The number of carbonyl (C=O) groups excluding carboxylic acids is 2. The van der Waals surface area contributed by atoms with E-state index in [9.17, 15) is 14.7 Å². The molecule has 3 fully saturated rings. The number of Topliss-reactive ketones (excluding diaryl/α,β-unsaturated/α-hetero) is 1. The largest absolute Gasteiger partial charge is 0.462 e. The summed E-state index contributed by atoms with van der Waals surface area (Å²) in [5.41, 5.74) is 4.24. The fourth-order valence-corrected chi connectivity index (χ4v) is 10.4. The second kappa shape index (κ2) is 14.0. The molecule has 3 unspecified atom stereocenters. The first-order valence-corrected chi connectivity index (χ1v) is 21.4. The highest BCUT2D eigenvalue weighted by Gasteiger charge is 2.59. The third kappa shape index (κ3) is 7.44. The Hall–Kier alpha value is -1.76. The Morgan fingerprint density at radius 1 is 0.978 bits per heavy atom. The van der Waals surface area contributed by atoms with E-state index in [-0.39, 0.29) is 40.6 Å². The number of unbranched alkanes of at least 4 members (excludes halogenated alkanes) is 5. The summed E-state index contributed by atoms with van der Waals surface area (Å²) in [5.74, 6) is 1.02. The Morgan fingerprint density at radius 2 is 1.65 bits per heavy atom. The molecule has 1 N–H and O–H groups in total. The smallest absolute Gasteiger partial charge is 0.302 e. The summed E-state index contributed by atoms with van der Waals surface area (Å²) in [6, 6.07) is 9.29. The Kier molecular flexibility index (Phi) is 10.8. The van der Waals surface area contributed by atoms with Crippen LogP contribution in [0.1, 0.15) is 142 Å². The number of benzene rings is 1. The molecule has 0 heterocycles. The highest BCUT2D eigenvalue weighted by atomic mass is 28.4. The van der Waals surface area contributed by atoms with Gasteiger partial charge in [-0.25, -0.2) is 0 Å². The normalized spacial score (nSPS) is 31.3. The summed E-state index contributed by atoms with van der Waals surface area (Å²) in [4.78, 5) is 24.6. The maximum Gasteiger partial charge on any atom is 0.302 e. The summed E-state index contributed by atoms with van der Waals surface area (Å²) in [7, 11) is -1.62. The molecule has 0 aromatic heterocycles. The highest BCUT2D eigenvalue weighted by molar-refractivity contribution is 6.74. The second-order valence-corrected chi connectivity index (χ2v) is 21.9. The van der Waals surface area contributed by atoms with Gasteiger partial charge in [-0.3, -0.25) is 9.59 Å². The van der Waals surface area contributed by atoms with Crippen molar-refractivity contribution in [2.75, 3.05) is 6.61 Å². The quantitative estimate of drug-likeness (QED) is 0.106. The molecule has 0 spiro atoms. The SMILES string of the molecule is CC(=O)OC1CC[C@H]2[C@@H]3CCC4(O)CC(=O)CCC4=C3C(c3ccc(CCCCCCCCO[Si](C)(C)C(C)(C)C)cc3)C[C@]12C. The number of esters is 1. The van der Waals surface area contributed by atoms with Crippen LogP contribution < -0.4 is 0 Å². The molecular weight excluding hydrogens is 589 g/mol. The van der Waals surface area contributed by atoms with Gasteiger partial charge in [0.1, 0.15) is 11.9 Å². The molecular formula is C40H62O5Si. The maximum atomic E-state index is 12.5. The number of rotatable bonds is 12. The lowest BCUT2D eigenvalue weighted by molar-refractivity contribution is -0.154. The molecule has 0 saturated heterocycles. The van der Waals surface area contributed by atoms with Gasteiger partial charge in [0.2, 0.25) is 0 Å². The van der Waals surface area contributed by atoms with Gasteiger partial charge in [-0.15, -0.1) is 0 Å². The van der Waals surface area contributed by atoms with Crippen molar-refractivity contribution in [3.63, 3.8) is 0 Å². The van der Waals surface area contributed by atoms with E-state index in [0.29, 0.717) is 31.1 Å². The summed E-state index contributed by atoms with van der Waals surface area (Å²) < 4.78 is 12.3. The Bertz CT molecular complexity index is 1280. The molecule has 6 heteroatoms. The lowest BCUT2D eigenvalue weighted by atomic mass is 9.51. The van der Waals surface area contributed by atoms with Crippen LogP contribution in [0.4, 0.5) is 0 Å². The number of hydrogen-bond donors (Lipinski definition) is 1. The van der Waals surface area contributed by atoms with Crippen LogP contribution in [0.2, 0.25) is 18.1 Å². The first kappa shape index (κ1) is 35.5. The van der Waals surface area contributed by atoms with E-state index in [2.05, 4.69) is 65.1 Å². The van der Waals surface area contributed by atoms with Gasteiger partial charge in [-0.2, -0.15) is 0 Å². The monoisotopic (exact) mass is 650 g/mol. The van der Waals surface area contributed by atoms with E-state index in [1.807, 2.05) is 0 Å². The molecule has 6 atom stereocenters. The number of aryl methyl sites for hydroxylation is 1. The average Bonchev–Trinajstić information content (AvgIpc) is 3.29. The van der Waals surface area contributed by atoms with Crippen LogP contribution in [0.25, 0.3) is 0 Å². The number of allylic oxidation sites excluding steroid dienone is 1. The zero-order valence-corrected chi connectivity index (χ0v) is 31.0. The van der Waals surface area contributed by atoms with Gasteiger partial charge in [-0.1, -0.05) is 83.2 Å². The first-order chi connectivity index (χ1) is 21.6. The van der Waals surface area contributed by atoms with Gasteiger partial charge in [0.15, 0.2) is 8.32 Å². The maximum absolute atomic E-state index is 12.5. The molecule has 0 bridgehead atoms. The number of hydrogen-bond acceptors (Lipinski definition) is 5. The average molecular weight is 651 g/mol. The number of carbonyl (C=O) groups is 2. The molecule has 5 nitrogen and oxygen atoms in total. The van der Waals surface area contributed by atoms with Crippen molar-refractivity contribution in [1.82, 2.24) is 0 Å². The van der Waals surface area contributed by atoms with E-state index in [1.54, 1.807) is 0 Å². The molecule has 0 radical (unpaired) electrons. The molecule has 256 valence electrons. The van der Waals surface area contributed by atoms with Crippen LogP contribution in [0.3, 0.4) is 0 Å². The van der Waals surface area contributed by atoms with E-state index in [1.165, 1.54) is 67.7 Å². The zero-order valence-electron chi connectivity index (χ0n) is 30.0. The predicted molar refractivity (Wildman–Crippen MR) is 188 cm³/mol. The van der Waals surface area contributed by atoms with Crippen LogP contribution in [0.5, 0.6) is 0 Å². The first-order valence-electron chi connectivity index (χ1n) is 18.5. The van der Waals surface area contributed by atoms with Gasteiger partial charge in [0.05, 0.1) is 5.60 Å². The summed E-state index contributed by atoms with van der Waals surface area (Å²) in [6.45, 7) is 16.4. The lowest BCUT2D eigenvalue weighted by Gasteiger charge is -2.54. The number of aliphatic hydroxyl groups is 1. The van der Waals surface area contributed by atoms with E-state index < -0.39 is 13.9 Å². The fourth-order valence-electron chi connectivity index (χ4n) is 9.34. The summed E-state index contributed by atoms with van der Waals surface area (Å²) in [6.07, 6.45) is 14.5. The third-order valence-electron chi connectivity index (χ3n) is 13.0. The van der Waals surface area contributed by atoms with Gasteiger partial charge in [0.25, 0.3) is 0 Å². The van der Waals surface area contributed by atoms with Crippen molar-refractivity contribution in [2.24, 2.45) is 17.3 Å². The summed E-state index contributed by atoms with van der Waals surface area (Å²) >= 11 is 0. The molecule has 0 amide bonds. The summed E-state index contributed by atoms with van der Waals surface area (Å²) in [5, 5.41) is 12.1. The minimum absolute atomic E-state index is 0.0539. The van der Waals surface area contributed by atoms with Crippen LogP contribution in [0, 0.1) is 17.3 Å². The zero-order chi connectivity index (χ0) is 33.3. The van der Waals surface area contributed by atoms with Crippen LogP contribution in [0.15, 0.2) is 35.4 Å². The molecule has 5 rings (SSSR count). The van der Waals surface area contributed by atoms with Crippen molar-refractivity contribution in [3.05, 3.63) is 46.5 Å². The van der Waals surface area contributed by atoms with Gasteiger partial charge < -0.3 is 14.3 Å². The standard InChI is InChI=1S/C40H62O5Si/c1-28(41)45-36-22-21-34-32-23-24-40(43)26-31(42)19-20-35(40)37(32)33(27-39(34,36)5)30-17-15-29(16-18-30)14-12-10-8-9-11-13-25-44-46(6,7)38(2,3)4/h15-18,32-34,36,43H,8-14,19-27H2,1-7H3/t32-,33?,34-,36?,39-,40?/m0/s1. The van der Waals surface area contributed by atoms with Gasteiger partial charge in [0, 0.05) is 37.7 Å². The second-order valence-electron chi connectivity index (χ2n) is 17.1. The minimum Gasteiger partial charge on any atom is -0.462 e. The van der Waals surface area contributed by atoms with Crippen LogP contribution in [-0.4, -0.2) is 43.5 Å². The Labute approximate surface area is 280 Å². The molecule has 1 aromatic rings. The molecule has 0 aliphatic heterocycles. The Balaban J connectivity index is 1.21. The molecule has 4 aliphatic rings. The van der Waals surface area contributed by atoms with E-state index in [4.69, 9.17) is 9.16 Å². The highest BCUT2D eigenvalue weighted by Crippen LogP contribution is 2.65. The van der Waals surface area contributed by atoms with Gasteiger partial charge in [-0.05, 0) is 104 Å². The van der Waals surface area contributed by atoms with E-state index >= 15 is 0 Å². The number of fused-ring (bicyclic) bond motifs is 4. The van der Waals surface area contributed by atoms with Crippen molar-refractivity contribution >= 4 is 20.1 Å². The lowest BCUT2D eigenvalue weighted by Crippen LogP contribution is -2.50. The molecule has 46 heavy (non-hydrogen) atoms. The predicted octanol–water partition coefficient (Wildman–Crippen LogP) is 9.62. The van der Waals surface area contributed by atoms with Crippen molar-refractivity contribution in [3.8, 4) is 0 Å². The van der Waals surface area contributed by atoms with Gasteiger partial charge >= 0.3 is 5.97 Å². The minimum atomic E-state index is -1.62. The molecule has 4 aliphatic carbocycles. The number of ketones is 1. The van der Waals surface area contributed by atoms with Crippen LogP contribution >= 0.6 is 0 Å². The fraction of sp³-hybridized carbons (Fsp3) is 0.750. The Morgan fingerprint density at radius 3 is 2.33 bits per heavy atom. The molecule has 3 saturated carbocycles. The number of ether oxygens (including phenoxy) is 1. The van der Waals surface area contributed by atoms with Crippen molar-refractivity contribution in [1.29, 1.82) is 0 Å². The third-order valence-corrected chi connectivity index (χ3v) is 17.5. The van der Waals surface area contributed by atoms with Crippen LogP contribution in [-0.2, 0) is 25.2 Å². The topological polar surface area (TPSA) is 72.8 Å². The van der Waals surface area contributed by atoms with Crippen molar-refractivity contribution in [2.45, 2.75) is 167 Å².